The molecule has 0 bridgehead atoms. The summed E-state index contributed by atoms with van der Waals surface area (Å²) in [5.41, 5.74) is -0.770. The van der Waals surface area contributed by atoms with E-state index in [0.29, 0.717) is 32.4 Å². The van der Waals surface area contributed by atoms with E-state index in [1.165, 1.54) is 19.1 Å². The number of nitrogens with zero attached hydrogens (tertiary/aromatic N) is 1. The maximum absolute atomic E-state index is 12.2. The molecule has 0 heterocycles. The van der Waals surface area contributed by atoms with Crippen molar-refractivity contribution in [2.75, 3.05) is 33.8 Å². The zero-order chi connectivity index (χ0) is 16.5. The van der Waals surface area contributed by atoms with E-state index in [9.17, 15) is 18.0 Å². The van der Waals surface area contributed by atoms with Crippen LogP contribution in [0.3, 0.4) is 0 Å². The standard InChI is InChI=1S/C14H27F3N2O2/c1-5-9-18-13(2,12(20)21-4)8-6-7-10-19(3)11-14(15,16)17/h18H,5-11H2,1-4H3. The van der Waals surface area contributed by atoms with Gasteiger partial charge in [0, 0.05) is 0 Å². The summed E-state index contributed by atoms with van der Waals surface area (Å²) in [7, 11) is 2.79. The van der Waals surface area contributed by atoms with Crippen molar-refractivity contribution in [2.24, 2.45) is 0 Å². The van der Waals surface area contributed by atoms with Crippen LogP contribution in [0.4, 0.5) is 13.2 Å². The number of rotatable bonds is 10. The lowest BCUT2D eigenvalue weighted by Gasteiger charge is -2.28. The van der Waals surface area contributed by atoms with Gasteiger partial charge in [0.1, 0.15) is 5.54 Å². The van der Waals surface area contributed by atoms with Crippen LogP contribution in [0.2, 0.25) is 0 Å². The number of halogens is 3. The van der Waals surface area contributed by atoms with E-state index in [2.05, 4.69) is 5.32 Å². The molecule has 0 aromatic carbocycles. The number of carbonyl (C=O) groups excluding carboxylic acids is 1. The normalized spacial score (nSPS) is 15.0. The van der Waals surface area contributed by atoms with E-state index in [1.54, 1.807) is 6.92 Å². The maximum atomic E-state index is 12.2. The van der Waals surface area contributed by atoms with Crippen molar-refractivity contribution in [3.05, 3.63) is 0 Å². The molecule has 0 amide bonds. The van der Waals surface area contributed by atoms with Crippen LogP contribution in [-0.2, 0) is 9.53 Å². The van der Waals surface area contributed by atoms with Crippen LogP contribution in [0.5, 0.6) is 0 Å². The molecule has 0 radical (unpaired) electrons. The molecule has 21 heavy (non-hydrogen) atoms. The molecule has 0 rings (SSSR count). The summed E-state index contributed by atoms with van der Waals surface area (Å²) >= 11 is 0. The van der Waals surface area contributed by atoms with Gasteiger partial charge in [-0.3, -0.25) is 9.69 Å². The van der Waals surface area contributed by atoms with E-state index >= 15 is 0 Å². The topological polar surface area (TPSA) is 41.6 Å². The number of ether oxygens (including phenoxy) is 1. The molecule has 0 saturated carbocycles. The molecule has 1 unspecified atom stereocenters. The average molecular weight is 312 g/mol. The first kappa shape index (κ1) is 20.2. The van der Waals surface area contributed by atoms with Crippen molar-refractivity contribution in [1.29, 1.82) is 0 Å². The first-order valence-electron chi connectivity index (χ1n) is 7.23. The zero-order valence-electron chi connectivity index (χ0n) is 13.3. The fraction of sp³-hybridized carbons (Fsp3) is 0.929. The van der Waals surface area contributed by atoms with Crippen molar-refractivity contribution < 1.29 is 22.7 Å². The molecule has 0 aliphatic heterocycles. The van der Waals surface area contributed by atoms with Crippen LogP contribution in [0, 0.1) is 0 Å². The highest BCUT2D eigenvalue weighted by atomic mass is 19.4. The summed E-state index contributed by atoms with van der Waals surface area (Å²) in [6, 6.07) is 0. The summed E-state index contributed by atoms with van der Waals surface area (Å²) < 4.78 is 41.3. The molecule has 0 aliphatic rings. The van der Waals surface area contributed by atoms with Gasteiger partial charge in [-0.05, 0) is 52.7 Å². The second-order valence-electron chi connectivity index (χ2n) is 5.56. The molecule has 0 aromatic heterocycles. The van der Waals surface area contributed by atoms with Gasteiger partial charge in [0.2, 0.25) is 0 Å². The zero-order valence-corrected chi connectivity index (χ0v) is 13.3. The van der Waals surface area contributed by atoms with Crippen molar-refractivity contribution >= 4 is 5.97 Å². The van der Waals surface area contributed by atoms with Crippen LogP contribution in [-0.4, -0.2) is 56.4 Å². The average Bonchev–Trinajstić information content (AvgIpc) is 2.38. The molecule has 0 aliphatic carbocycles. The fourth-order valence-electron chi connectivity index (χ4n) is 2.13. The Balaban J connectivity index is 4.17. The highest BCUT2D eigenvalue weighted by Crippen LogP contribution is 2.18. The third kappa shape index (κ3) is 8.93. The molecular weight excluding hydrogens is 285 g/mol. The minimum atomic E-state index is -4.17. The minimum absolute atomic E-state index is 0.334. The van der Waals surface area contributed by atoms with Gasteiger partial charge in [-0.25, -0.2) is 0 Å². The SMILES string of the molecule is CCCNC(C)(CCCCN(C)CC(F)(F)F)C(=O)OC. The molecular formula is C14H27F3N2O2. The lowest BCUT2D eigenvalue weighted by molar-refractivity contribution is -0.148. The highest BCUT2D eigenvalue weighted by molar-refractivity contribution is 5.80. The molecule has 4 nitrogen and oxygen atoms in total. The van der Waals surface area contributed by atoms with Crippen LogP contribution in [0.1, 0.15) is 39.5 Å². The first-order chi connectivity index (χ1) is 9.64. The smallest absolute Gasteiger partial charge is 0.401 e. The van der Waals surface area contributed by atoms with E-state index in [1.807, 2.05) is 6.92 Å². The Kier molecular flexibility index (Phi) is 8.89. The van der Waals surface area contributed by atoms with E-state index in [-0.39, 0.29) is 5.97 Å². The Hall–Kier alpha value is -0.820. The van der Waals surface area contributed by atoms with E-state index in [4.69, 9.17) is 4.74 Å². The van der Waals surface area contributed by atoms with E-state index in [0.717, 1.165) is 6.42 Å². The maximum Gasteiger partial charge on any atom is 0.401 e. The molecule has 1 N–H and O–H groups in total. The first-order valence-corrected chi connectivity index (χ1v) is 7.23. The van der Waals surface area contributed by atoms with Crippen LogP contribution in [0.25, 0.3) is 0 Å². The summed E-state index contributed by atoms with van der Waals surface area (Å²) in [6.07, 6.45) is -1.48. The van der Waals surface area contributed by atoms with Crippen molar-refractivity contribution in [2.45, 2.75) is 51.2 Å². The molecule has 0 aromatic rings. The lowest BCUT2D eigenvalue weighted by atomic mass is 9.94. The van der Waals surface area contributed by atoms with Crippen molar-refractivity contribution in [3.63, 3.8) is 0 Å². The highest BCUT2D eigenvalue weighted by Gasteiger charge is 2.33. The lowest BCUT2D eigenvalue weighted by Crippen LogP contribution is -2.50. The van der Waals surface area contributed by atoms with Crippen LogP contribution in [0.15, 0.2) is 0 Å². The predicted octanol–water partition coefficient (Wildman–Crippen LogP) is 2.58. The van der Waals surface area contributed by atoms with Gasteiger partial charge >= 0.3 is 12.1 Å². The monoisotopic (exact) mass is 312 g/mol. The van der Waals surface area contributed by atoms with Gasteiger partial charge in [-0.1, -0.05) is 6.92 Å². The Morgan fingerprint density at radius 2 is 1.90 bits per heavy atom. The third-order valence-corrected chi connectivity index (χ3v) is 3.32. The van der Waals surface area contributed by atoms with Crippen LogP contribution >= 0.6 is 0 Å². The van der Waals surface area contributed by atoms with Gasteiger partial charge in [0.15, 0.2) is 0 Å². The molecule has 0 saturated heterocycles. The van der Waals surface area contributed by atoms with Gasteiger partial charge in [0.05, 0.1) is 13.7 Å². The van der Waals surface area contributed by atoms with Gasteiger partial charge in [-0.15, -0.1) is 0 Å². The Labute approximate surface area is 125 Å². The number of methoxy groups -OCH3 is 1. The molecule has 0 fully saturated rings. The quantitative estimate of drug-likeness (QED) is 0.497. The number of hydrogen-bond donors (Lipinski definition) is 1. The molecule has 7 heteroatoms. The largest absolute Gasteiger partial charge is 0.468 e. The van der Waals surface area contributed by atoms with Crippen LogP contribution < -0.4 is 5.32 Å². The van der Waals surface area contributed by atoms with Crippen molar-refractivity contribution in [3.8, 4) is 0 Å². The number of hydrogen-bond acceptors (Lipinski definition) is 4. The fourth-order valence-corrected chi connectivity index (χ4v) is 2.13. The third-order valence-electron chi connectivity index (χ3n) is 3.32. The second-order valence-corrected chi connectivity index (χ2v) is 5.56. The Morgan fingerprint density at radius 1 is 1.29 bits per heavy atom. The molecule has 0 spiro atoms. The number of esters is 1. The Morgan fingerprint density at radius 3 is 2.38 bits per heavy atom. The Bertz CT molecular complexity index is 311. The van der Waals surface area contributed by atoms with Gasteiger partial charge < -0.3 is 10.1 Å². The minimum Gasteiger partial charge on any atom is -0.468 e. The molecule has 1 atom stereocenters. The van der Waals surface area contributed by atoms with Gasteiger partial charge in [0.25, 0.3) is 0 Å². The van der Waals surface area contributed by atoms with Gasteiger partial charge in [-0.2, -0.15) is 13.2 Å². The summed E-state index contributed by atoms with van der Waals surface area (Å²) in [5.74, 6) is -0.334. The summed E-state index contributed by atoms with van der Waals surface area (Å²) in [4.78, 5) is 13.1. The number of carbonyl (C=O) groups is 1. The summed E-state index contributed by atoms with van der Waals surface area (Å²) in [5, 5.41) is 3.15. The number of nitrogens with one attached hydrogen (secondary N) is 1. The number of unbranched alkanes of at least 4 members (excludes halogenated alkanes) is 1. The predicted molar refractivity (Wildman–Crippen MR) is 76.1 cm³/mol. The van der Waals surface area contributed by atoms with Crippen molar-refractivity contribution in [1.82, 2.24) is 10.2 Å². The second kappa shape index (κ2) is 9.25. The van der Waals surface area contributed by atoms with E-state index < -0.39 is 18.3 Å². The molecule has 126 valence electrons. The number of alkyl halides is 3. The summed E-state index contributed by atoms with van der Waals surface area (Å²) in [6.45, 7) is 3.91.